The molecule has 0 unspecified atom stereocenters. The van der Waals surface area contributed by atoms with Crippen molar-refractivity contribution < 1.29 is 19.8 Å². The Labute approximate surface area is 224 Å². The van der Waals surface area contributed by atoms with E-state index >= 15 is 0 Å². The summed E-state index contributed by atoms with van der Waals surface area (Å²) in [6.45, 7) is 2.00. The van der Waals surface area contributed by atoms with Crippen molar-refractivity contribution in [2.75, 3.05) is 0 Å². The van der Waals surface area contributed by atoms with Gasteiger partial charge in [0.2, 0.25) is 0 Å². The van der Waals surface area contributed by atoms with Crippen molar-refractivity contribution in [1.29, 1.82) is 0 Å². The summed E-state index contributed by atoms with van der Waals surface area (Å²) in [5.74, 6) is -0.943. The summed E-state index contributed by atoms with van der Waals surface area (Å²) in [4.78, 5) is 33.5. The number of fused-ring (bicyclic) bond motifs is 2. The van der Waals surface area contributed by atoms with Crippen LogP contribution in [0.2, 0.25) is 0 Å². The Morgan fingerprint density at radius 3 is 2.62 bits per heavy atom. The number of carboxylic acids is 1. The van der Waals surface area contributed by atoms with Gasteiger partial charge in [0.1, 0.15) is 11.4 Å². The predicted molar refractivity (Wildman–Crippen MR) is 147 cm³/mol. The minimum absolute atomic E-state index is 0.0109. The lowest BCUT2D eigenvalue weighted by Gasteiger charge is -2.25. The first-order chi connectivity index (χ1) is 18.8. The average Bonchev–Trinajstić information content (AvgIpc) is 3.61. The fourth-order valence-electron chi connectivity index (χ4n) is 5.66. The van der Waals surface area contributed by atoms with E-state index in [0.29, 0.717) is 33.6 Å². The van der Waals surface area contributed by atoms with Crippen LogP contribution in [0.3, 0.4) is 0 Å². The minimum atomic E-state index is -1.31. The number of rotatable bonds is 6. The zero-order valence-corrected chi connectivity index (χ0v) is 21.8. The van der Waals surface area contributed by atoms with E-state index in [0.717, 1.165) is 48.4 Å². The van der Waals surface area contributed by atoms with Crippen molar-refractivity contribution in [2.45, 2.75) is 51.1 Å². The Morgan fingerprint density at radius 1 is 1.10 bits per heavy atom. The summed E-state index contributed by atoms with van der Waals surface area (Å²) in [5.41, 5.74) is 4.74. The van der Waals surface area contributed by atoms with Crippen molar-refractivity contribution in [3.8, 4) is 17.3 Å². The van der Waals surface area contributed by atoms with Crippen molar-refractivity contribution in [3.63, 3.8) is 0 Å². The Hall–Kier alpha value is -4.60. The molecular formula is C29H30N6O4. The topological polar surface area (TPSA) is 138 Å². The molecule has 0 bridgehead atoms. The number of phenols is 1. The molecule has 1 fully saturated rings. The number of carboxylic acid groups (broad SMARTS) is 1. The molecule has 6 rings (SSSR count). The van der Waals surface area contributed by atoms with Gasteiger partial charge in [-0.15, -0.1) is 0 Å². The lowest BCUT2D eigenvalue weighted by molar-refractivity contribution is -0.139. The van der Waals surface area contributed by atoms with Gasteiger partial charge in [0.25, 0.3) is 5.91 Å². The number of aliphatic carboxylic acids is 1. The van der Waals surface area contributed by atoms with E-state index in [1.54, 1.807) is 24.4 Å². The van der Waals surface area contributed by atoms with Gasteiger partial charge in [-0.3, -0.25) is 9.48 Å². The Kier molecular flexibility index (Phi) is 6.09. The first-order valence-electron chi connectivity index (χ1n) is 13.2. The minimum Gasteiger partial charge on any atom is -0.508 e. The molecule has 3 heterocycles. The number of carbonyl (C=O) groups is 2. The highest BCUT2D eigenvalue weighted by atomic mass is 16.4. The van der Waals surface area contributed by atoms with Crippen LogP contribution in [0.25, 0.3) is 33.5 Å². The van der Waals surface area contributed by atoms with Crippen molar-refractivity contribution in [3.05, 3.63) is 65.5 Å². The number of aromatic nitrogens is 5. The number of H-pyrrole nitrogens is 1. The van der Waals surface area contributed by atoms with Crippen LogP contribution in [0, 0.1) is 6.92 Å². The van der Waals surface area contributed by atoms with Crippen LogP contribution >= 0.6 is 0 Å². The maximum atomic E-state index is 13.3. The van der Waals surface area contributed by atoms with Crippen LogP contribution < -0.4 is 5.32 Å². The lowest BCUT2D eigenvalue weighted by Crippen LogP contribution is -2.33. The number of aromatic amines is 1. The van der Waals surface area contributed by atoms with E-state index in [2.05, 4.69) is 20.0 Å². The number of hydrogen-bond acceptors (Lipinski definition) is 5. The molecule has 200 valence electrons. The standard InChI is InChI=1S/C29H30N6O4/c1-16-12-24(33-34(16)2)27-31-23-13-17(8-11-25(23)35(27)18-6-4-3-5-7-18)28(37)32-26(29(38)39)21-15-30-22-10-9-19(36)14-20(21)22/h8-15,18,26,30,36H,3-7H2,1-2H3,(H,32,37)(H,38,39)/t26-/m0/s1. The normalized spacial score (nSPS) is 15.1. The van der Waals surface area contributed by atoms with Gasteiger partial charge < -0.3 is 25.1 Å². The van der Waals surface area contributed by atoms with Crippen LogP contribution in [-0.4, -0.2) is 46.4 Å². The molecule has 1 aliphatic carbocycles. The molecule has 0 radical (unpaired) electrons. The van der Waals surface area contributed by atoms with Gasteiger partial charge in [0.15, 0.2) is 11.9 Å². The molecule has 0 saturated heterocycles. The summed E-state index contributed by atoms with van der Waals surface area (Å²) >= 11 is 0. The number of hydrogen-bond donors (Lipinski definition) is 4. The zero-order chi connectivity index (χ0) is 27.3. The quantitative estimate of drug-likeness (QED) is 0.246. The summed E-state index contributed by atoms with van der Waals surface area (Å²) in [6, 6.07) is 11.0. The van der Waals surface area contributed by atoms with Gasteiger partial charge in [0, 0.05) is 47.0 Å². The zero-order valence-electron chi connectivity index (χ0n) is 21.8. The van der Waals surface area contributed by atoms with E-state index in [1.807, 2.05) is 30.8 Å². The number of carbonyl (C=O) groups excluding carboxylic acids is 1. The number of imidazole rings is 1. The summed E-state index contributed by atoms with van der Waals surface area (Å²) < 4.78 is 4.09. The first-order valence-corrected chi connectivity index (χ1v) is 13.2. The molecular weight excluding hydrogens is 496 g/mol. The van der Waals surface area contributed by atoms with Crippen LogP contribution in [0.4, 0.5) is 0 Å². The predicted octanol–water partition coefficient (Wildman–Crippen LogP) is 4.99. The number of aromatic hydroxyl groups is 1. The molecule has 1 aliphatic rings. The van der Waals surface area contributed by atoms with Crippen molar-refractivity contribution >= 4 is 33.8 Å². The average molecular weight is 527 g/mol. The SMILES string of the molecule is Cc1cc(-c2nc3cc(C(=O)N[C@H](C(=O)O)c4c[nH]c5ccc(O)cc45)ccc3n2C2CCCCC2)nn1C. The van der Waals surface area contributed by atoms with Gasteiger partial charge >= 0.3 is 5.97 Å². The second-order valence-corrected chi connectivity index (χ2v) is 10.3. The number of nitrogens with one attached hydrogen (secondary N) is 2. The maximum Gasteiger partial charge on any atom is 0.331 e. The van der Waals surface area contributed by atoms with Gasteiger partial charge in [-0.25, -0.2) is 9.78 Å². The van der Waals surface area contributed by atoms with Crippen LogP contribution in [0.1, 0.15) is 65.8 Å². The second-order valence-electron chi connectivity index (χ2n) is 10.3. The lowest BCUT2D eigenvalue weighted by atomic mass is 9.95. The molecule has 1 amide bonds. The number of amides is 1. The van der Waals surface area contributed by atoms with Gasteiger partial charge in [0.05, 0.1) is 11.0 Å². The highest BCUT2D eigenvalue weighted by Gasteiger charge is 2.27. The Morgan fingerprint density at radius 2 is 1.90 bits per heavy atom. The molecule has 4 N–H and O–H groups in total. The van der Waals surface area contributed by atoms with Crippen LogP contribution in [-0.2, 0) is 11.8 Å². The molecule has 1 atom stereocenters. The number of nitrogens with zero attached hydrogens (tertiary/aromatic N) is 4. The largest absolute Gasteiger partial charge is 0.508 e. The van der Waals surface area contributed by atoms with E-state index in [9.17, 15) is 19.8 Å². The third kappa shape index (κ3) is 4.41. The highest BCUT2D eigenvalue weighted by Crippen LogP contribution is 2.36. The smallest absolute Gasteiger partial charge is 0.331 e. The third-order valence-corrected chi connectivity index (χ3v) is 7.77. The fraction of sp³-hybridized carbons (Fsp3) is 0.310. The third-order valence-electron chi connectivity index (χ3n) is 7.77. The van der Waals surface area contributed by atoms with Crippen molar-refractivity contribution in [2.24, 2.45) is 7.05 Å². The molecule has 10 heteroatoms. The summed E-state index contributed by atoms with van der Waals surface area (Å²) in [5, 5.41) is 27.7. The van der Waals surface area contributed by atoms with Crippen molar-refractivity contribution in [1.82, 2.24) is 29.6 Å². The van der Waals surface area contributed by atoms with E-state index in [-0.39, 0.29) is 5.75 Å². The molecule has 2 aromatic carbocycles. The molecule has 3 aromatic heterocycles. The monoisotopic (exact) mass is 526 g/mol. The second kappa shape index (κ2) is 9.61. The molecule has 10 nitrogen and oxygen atoms in total. The Balaban J connectivity index is 1.37. The molecule has 39 heavy (non-hydrogen) atoms. The van der Waals surface area contributed by atoms with E-state index in [4.69, 9.17) is 4.98 Å². The highest BCUT2D eigenvalue weighted by molar-refractivity contribution is 6.01. The number of aryl methyl sites for hydroxylation is 2. The molecule has 0 spiro atoms. The Bertz CT molecular complexity index is 1700. The van der Waals surface area contributed by atoms with Gasteiger partial charge in [-0.05, 0) is 62.2 Å². The van der Waals surface area contributed by atoms with Gasteiger partial charge in [-0.1, -0.05) is 19.3 Å². The first kappa shape index (κ1) is 24.7. The maximum absolute atomic E-state index is 13.3. The van der Waals surface area contributed by atoms with Gasteiger partial charge in [-0.2, -0.15) is 5.10 Å². The molecule has 5 aromatic rings. The summed E-state index contributed by atoms with van der Waals surface area (Å²) in [6.07, 6.45) is 7.22. The fourth-order valence-corrected chi connectivity index (χ4v) is 5.66. The number of benzene rings is 2. The molecule has 1 saturated carbocycles. The van der Waals surface area contributed by atoms with Crippen LogP contribution in [0.5, 0.6) is 5.75 Å². The molecule has 0 aliphatic heterocycles. The van der Waals surface area contributed by atoms with E-state index < -0.39 is 17.9 Å². The summed E-state index contributed by atoms with van der Waals surface area (Å²) in [7, 11) is 1.91. The number of phenolic OH excluding ortho intramolecular Hbond substituents is 1. The van der Waals surface area contributed by atoms with Crippen LogP contribution in [0.15, 0.2) is 48.7 Å². The van der Waals surface area contributed by atoms with E-state index in [1.165, 1.54) is 18.6 Å².